The maximum absolute atomic E-state index is 6.84. The molecular formula is C8H17NO. The molecule has 2 nitrogen and oxygen atoms in total. The first kappa shape index (κ1) is 9.63. The van der Waals surface area contributed by atoms with Gasteiger partial charge in [-0.3, -0.25) is 0 Å². The van der Waals surface area contributed by atoms with Gasteiger partial charge in [0.15, 0.2) is 0 Å². The second-order valence-corrected chi connectivity index (χ2v) is 3.48. The summed E-state index contributed by atoms with van der Waals surface area (Å²) < 4.78 is 5.53. The molecule has 0 heterocycles. The maximum atomic E-state index is 6.84. The third kappa shape index (κ3) is 5.76. The first-order valence-electron chi connectivity index (χ1n) is 3.62. The molecule has 10 heavy (non-hydrogen) atoms. The fourth-order valence-corrected chi connectivity index (χ4v) is 0.818. The van der Waals surface area contributed by atoms with Crippen LogP contribution in [0.15, 0.2) is 0 Å². The fourth-order valence-electron chi connectivity index (χ4n) is 0.818. The summed E-state index contributed by atoms with van der Waals surface area (Å²) in [7, 11) is 0. The van der Waals surface area contributed by atoms with E-state index in [9.17, 15) is 0 Å². The van der Waals surface area contributed by atoms with E-state index in [0.29, 0.717) is 6.42 Å². The zero-order valence-corrected chi connectivity index (χ0v) is 7.27. The van der Waals surface area contributed by atoms with E-state index in [1.165, 1.54) is 6.21 Å². The van der Waals surface area contributed by atoms with Crippen LogP contribution in [0.5, 0.6) is 0 Å². The van der Waals surface area contributed by atoms with E-state index in [0.717, 1.165) is 0 Å². The van der Waals surface area contributed by atoms with Crippen molar-refractivity contribution in [1.29, 1.82) is 5.41 Å². The van der Waals surface area contributed by atoms with Crippen LogP contribution in [0.2, 0.25) is 0 Å². The lowest BCUT2D eigenvalue weighted by Gasteiger charge is -2.23. The molecule has 0 aliphatic rings. The summed E-state index contributed by atoms with van der Waals surface area (Å²) in [5.74, 6) is 0. The predicted octanol–water partition coefficient (Wildman–Crippen LogP) is 2.23. The highest BCUT2D eigenvalue weighted by atomic mass is 16.5. The summed E-state index contributed by atoms with van der Waals surface area (Å²) in [6, 6.07) is 0. The standard InChI is InChI=1S/C8H17NO/c1-7(5-6-9)10-8(2,3)4/h6-7,9H,5H2,1-4H3. The molecule has 0 radical (unpaired) electrons. The molecule has 0 saturated heterocycles. The Morgan fingerprint density at radius 2 is 2.00 bits per heavy atom. The van der Waals surface area contributed by atoms with Gasteiger partial charge in [-0.15, -0.1) is 0 Å². The average Bonchev–Trinajstić information content (AvgIpc) is 1.59. The summed E-state index contributed by atoms with van der Waals surface area (Å²) in [5.41, 5.74) is -0.0809. The Bertz CT molecular complexity index is 104. The number of hydrogen-bond acceptors (Lipinski definition) is 2. The molecule has 0 aromatic rings. The summed E-state index contributed by atoms with van der Waals surface area (Å²) >= 11 is 0. The highest BCUT2D eigenvalue weighted by molar-refractivity contribution is 5.53. The molecule has 60 valence electrons. The molecule has 0 fully saturated rings. The van der Waals surface area contributed by atoms with Crippen LogP contribution in [0.25, 0.3) is 0 Å². The molecule has 0 spiro atoms. The van der Waals surface area contributed by atoms with Crippen LogP contribution >= 0.6 is 0 Å². The molecular weight excluding hydrogens is 126 g/mol. The Balaban J connectivity index is 3.56. The van der Waals surface area contributed by atoms with Crippen molar-refractivity contribution in [2.24, 2.45) is 0 Å². The number of rotatable bonds is 3. The Morgan fingerprint density at radius 1 is 1.50 bits per heavy atom. The molecule has 0 rings (SSSR count). The lowest BCUT2D eigenvalue weighted by atomic mass is 10.2. The van der Waals surface area contributed by atoms with Crippen LogP contribution in [0.1, 0.15) is 34.1 Å². The molecule has 2 heteroatoms. The van der Waals surface area contributed by atoms with E-state index in [4.69, 9.17) is 10.1 Å². The van der Waals surface area contributed by atoms with Crippen molar-refractivity contribution in [2.75, 3.05) is 0 Å². The SMILES string of the molecule is CC(CC=N)OC(C)(C)C. The van der Waals surface area contributed by atoms with E-state index in [-0.39, 0.29) is 11.7 Å². The first-order valence-corrected chi connectivity index (χ1v) is 3.62. The Hall–Kier alpha value is -0.370. The topological polar surface area (TPSA) is 33.1 Å². The van der Waals surface area contributed by atoms with Gasteiger partial charge in [0.05, 0.1) is 11.7 Å². The van der Waals surface area contributed by atoms with Crippen molar-refractivity contribution in [1.82, 2.24) is 0 Å². The van der Waals surface area contributed by atoms with Crippen molar-refractivity contribution in [3.8, 4) is 0 Å². The molecule has 0 aromatic carbocycles. The molecule has 0 aliphatic carbocycles. The Morgan fingerprint density at radius 3 is 2.30 bits per heavy atom. The summed E-state index contributed by atoms with van der Waals surface area (Å²) in [5, 5.41) is 6.84. The monoisotopic (exact) mass is 143 g/mol. The van der Waals surface area contributed by atoms with Crippen LogP contribution in [-0.2, 0) is 4.74 Å². The lowest BCUT2D eigenvalue weighted by molar-refractivity contribution is -0.0471. The zero-order valence-electron chi connectivity index (χ0n) is 7.27. The van der Waals surface area contributed by atoms with Crippen molar-refractivity contribution >= 4 is 6.21 Å². The summed E-state index contributed by atoms with van der Waals surface area (Å²) in [6.45, 7) is 8.05. The largest absolute Gasteiger partial charge is 0.373 e. The Kier molecular flexibility index (Phi) is 3.58. The van der Waals surface area contributed by atoms with Crippen LogP contribution in [0.3, 0.4) is 0 Å². The quantitative estimate of drug-likeness (QED) is 0.604. The molecule has 1 atom stereocenters. The average molecular weight is 143 g/mol. The minimum atomic E-state index is -0.0809. The normalized spacial score (nSPS) is 14.8. The van der Waals surface area contributed by atoms with Gasteiger partial charge in [-0.1, -0.05) is 0 Å². The van der Waals surface area contributed by atoms with E-state index in [2.05, 4.69) is 0 Å². The fraction of sp³-hybridized carbons (Fsp3) is 0.875. The second-order valence-electron chi connectivity index (χ2n) is 3.48. The minimum Gasteiger partial charge on any atom is -0.373 e. The first-order chi connectivity index (χ1) is 4.45. The third-order valence-corrected chi connectivity index (χ3v) is 1.00. The van der Waals surface area contributed by atoms with Gasteiger partial charge in [-0.2, -0.15) is 0 Å². The van der Waals surface area contributed by atoms with Gasteiger partial charge < -0.3 is 10.1 Å². The third-order valence-electron chi connectivity index (χ3n) is 1.00. The second kappa shape index (κ2) is 3.71. The van der Waals surface area contributed by atoms with Gasteiger partial charge in [0, 0.05) is 6.42 Å². The van der Waals surface area contributed by atoms with Crippen molar-refractivity contribution in [2.45, 2.75) is 45.8 Å². The van der Waals surface area contributed by atoms with E-state index >= 15 is 0 Å². The van der Waals surface area contributed by atoms with Gasteiger partial charge in [0.25, 0.3) is 0 Å². The predicted molar refractivity (Wildman–Crippen MR) is 43.7 cm³/mol. The van der Waals surface area contributed by atoms with E-state index in [1.54, 1.807) is 0 Å². The van der Waals surface area contributed by atoms with Crippen molar-refractivity contribution in [3.63, 3.8) is 0 Å². The smallest absolute Gasteiger partial charge is 0.0603 e. The summed E-state index contributed by atoms with van der Waals surface area (Å²) in [6.07, 6.45) is 2.26. The van der Waals surface area contributed by atoms with Gasteiger partial charge >= 0.3 is 0 Å². The molecule has 1 N–H and O–H groups in total. The van der Waals surface area contributed by atoms with Crippen molar-refractivity contribution in [3.05, 3.63) is 0 Å². The molecule has 1 unspecified atom stereocenters. The number of hydrogen-bond donors (Lipinski definition) is 1. The number of nitrogens with one attached hydrogen (secondary N) is 1. The lowest BCUT2D eigenvalue weighted by Crippen LogP contribution is -2.25. The van der Waals surface area contributed by atoms with Crippen molar-refractivity contribution < 1.29 is 4.74 Å². The van der Waals surface area contributed by atoms with E-state index < -0.39 is 0 Å². The molecule has 0 saturated carbocycles. The highest BCUT2D eigenvalue weighted by Gasteiger charge is 2.13. The highest BCUT2D eigenvalue weighted by Crippen LogP contribution is 2.11. The Labute approximate surface area is 63.1 Å². The number of ether oxygens (including phenoxy) is 1. The van der Waals surface area contributed by atoms with Crippen LogP contribution in [0.4, 0.5) is 0 Å². The van der Waals surface area contributed by atoms with E-state index in [1.807, 2.05) is 27.7 Å². The zero-order chi connectivity index (χ0) is 8.20. The van der Waals surface area contributed by atoms with Gasteiger partial charge in [0.2, 0.25) is 0 Å². The van der Waals surface area contributed by atoms with Gasteiger partial charge in [-0.25, -0.2) is 0 Å². The molecule has 0 aliphatic heterocycles. The van der Waals surface area contributed by atoms with Crippen LogP contribution in [-0.4, -0.2) is 17.9 Å². The van der Waals surface area contributed by atoms with Gasteiger partial charge in [-0.05, 0) is 33.9 Å². The summed E-state index contributed by atoms with van der Waals surface area (Å²) in [4.78, 5) is 0. The van der Waals surface area contributed by atoms with Gasteiger partial charge in [0.1, 0.15) is 0 Å². The molecule has 0 aromatic heterocycles. The van der Waals surface area contributed by atoms with Crippen LogP contribution in [0, 0.1) is 5.41 Å². The molecule has 0 amide bonds. The maximum Gasteiger partial charge on any atom is 0.0603 e. The van der Waals surface area contributed by atoms with Crippen LogP contribution < -0.4 is 0 Å². The molecule has 0 bridgehead atoms. The minimum absolute atomic E-state index is 0.0809.